The van der Waals surface area contributed by atoms with E-state index in [1.165, 1.54) is 14.0 Å². The third-order valence-corrected chi connectivity index (χ3v) is 4.66. The van der Waals surface area contributed by atoms with Crippen molar-refractivity contribution >= 4 is 17.7 Å². The van der Waals surface area contributed by atoms with E-state index in [0.29, 0.717) is 22.5 Å². The van der Waals surface area contributed by atoms with E-state index in [0.717, 1.165) is 12.8 Å². The highest BCUT2D eigenvalue weighted by Crippen LogP contribution is 2.31. The molecule has 126 valence electrons. The van der Waals surface area contributed by atoms with Crippen molar-refractivity contribution in [1.29, 1.82) is 0 Å². The molecule has 1 saturated carbocycles. The van der Waals surface area contributed by atoms with Crippen molar-refractivity contribution in [3.8, 4) is 0 Å². The first-order valence-corrected chi connectivity index (χ1v) is 7.79. The normalized spacial score (nSPS) is 15.2. The van der Waals surface area contributed by atoms with Crippen molar-refractivity contribution < 1.29 is 19.1 Å². The van der Waals surface area contributed by atoms with Crippen molar-refractivity contribution in [2.75, 3.05) is 7.11 Å². The first-order valence-electron chi connectivity index (χ1n) is 7.79. The van der Waals surface area contributed by atoms with E-state index in [-0.39, 0.29) is 17.7 Å². The molecule has 0 spiro atoms. The average molecular weight is 320 g/mol. The van der Waals surface area contributed by atoms with Gasteiger partial charge in [0.2, 0.25) is 5.91 Å². The summed E-state index contributed by atoms with van der Waals surface area (Å²) < 4.78 is 6.48. The molecule has 1 atom stereocenters. The summed E-state index contributed by atoms with van der Waals surface area (Å²) in [6.07, 6.45) is 1.88. The van der Waals surface area contributed by atoms with Gasteiger partial charge >= 0.3 is 5.97 Å². The molecular formula is C17H24N2O4. The Balaban J connectivity index is 2.43. The lowest BCUT2D eigenvalue weighted by Gasteiger charge is -2.27. The van der Waals surface area contributed by atoms with E-state index in [9.17, 15) is 14.4 Å². The topological polar surface area (TPSA) is 68.6 Å². The SMILES string of the molecule is COC(=O)c1c(C)c(C(=O)C(C)N(C(C)=O)C2CC2)c(C)n1C. The fourth-order valence-corrected chi connectivity index (χ4v) is 3.26. The van der Waals surface area contributed by atoms with Crippen LogP contribution in [-0.2, 0) is 16.6 Å². The summed E-state index contributed by atoms with van der Waals surface area (Å²) in [7, 11) is 3.05. The molecule has 2 rings (SSSR count). The van der Waals surface area contributed by atoms with Crippen LogP contribution in [0.25, 0.3) is 0 Å². The van der Waals surface area contributed by atoms with Gasteiger partial charge in [-0.2, -0.15) is 0 Å². The summed E-state index contributed by atoms with van der Waals surface area (Å²) >= 11 is 0. The van der Waals surface area contributed by atoms with Gasteiger partial charge < -0.3 is 14.2 Å². The Morgan fingerprint density at radius 1 is 1.26 bits per heavy atom. The zero-order valence-corrected chi connectivity index (χ0v) is 14.6. The van der Waals surface area contributed by atoms with Crippen LogP contribution in [0.1, 0.15) is 58.8 Å². The van der Waals surface area contributed by atoms with Crippen molar-refractivity contribution in [1.82, 2.24) is 9.47 Å². The first-order chi connectivity index (χ1) is 10.7. The van der Waals surface area contributed by atoms with Gasteiger partial charge in [-0.25, -0.2) is 4.79 Å². The second kappa shape index (κ2) is 6.18. The molecule has 6 heteroatoms. The number of Topliss-reactive ketones (excluding diaryl/α,β-unsaturated/α-hetero) is 1. The zero-order chi connectivity index (χ0) is 17.5. The number of carbonyl (C=O) groups is 3. The standard InChI is InChI=1S/C17H24N2O4/c1-9-14(10(2)18(5)15(9)17(22)23-6)16(21)11(3)19(12(4)20)13-7-8-13/h11,13H,7-8H2,1-6H3. The van der Waals surface area contributed by atoms with Crippen molar-refractivity contribution in [2.45, 2.75) is 52.6 Å². The molecule has 1 fully saturated rings. The van der Waals surface area contributed by atoms with Gasteiger partial charge in [0, 0.05) is 31.3 Å². The maximum Gasteiger partial charge on any atom is 0.354 e. The number of ketones is 1. The number of esters is 1. The molecule has 0 aliphatic heterocycles. The maximum atomic E-state index is 13.0. The summed E-state index contributed by atoms with van der Waals surface area (Å²) in [5, 5.41) is 0. The predicted octanol–water partition coefficient (Wildman–Crippen LogP) is 2.01. The molecule has 23 heavy (non-hydrogen) atoms. The van der Waals surface area contributed by atoms with Crippen LogP contribution in [0.5, 0.6) is 0 Å². The minimum Gasteiger partial charge on any atom is -0.464 e. The van der Waals surface area contributed by atoms with Gasteiger partial charge in [0.05, 0.1) is 13.2 Å². The Hall–Kier alpha value is -2.11. The lowest BCUT2D eigenvalue weighted by atomic mass is 9.99. The Labute approximate surface area is 136 Å². The van der Waals surface area contributed by atoms with Crippen LogP contribution < -0.4 is 0 Å². The summed E-state index contributed by atoms with van der Waals surface area (Å²) in [4.78, 5) is 38.5. The van der Waals surface area contributed by atoms with Crippen LogP contribution in [0.3, 0.4) is 0 Å². The van der Waals surface area contributed by atoms with Crippen molar-refractivity contribution in [2.24, 2.45) is 7.05 Å². The summed E-state index contributed by atoms with van der Waals surface area (Å²) in [5.74, 6) is -0.689. The third kappa shape index (κ3) is 2.90. The van der Waals surface area contributed by atoms with Crippen LogP contribution in [0.4, 0.5) is 0 Å². The number of amides is 1. The number of methoxy groups -OCH3 is 1. The molecule has 0 aromatic carbocycles. The van der Waals surface area contributed by atoms with Gasteiger partial charge in [-0.15, -0.1) is 0 Å². The van der Waals surface area contributed by atoms with E-state index < -0.39 is 12.0 Å². The number of ether oxygens (including phenoxy) is 1. The van der Waals surface area contributed by atoms with E-state index in [1.54, 1.807) is 37.3 Å². The monoisotopic (exact) mass is 320 g/mol. The van der Waals surface area contributed by atoms with E-state index in [2.05, 4.69) is 0 Å². The fraction of sp³-hybridized carbons (Fsp3) is 0.588. The number of carbonyl (C=O) groups excluding carboxylic acids is 3. The summed E-state index contributed by atoms with van der Waals surface area (Å²) in [5.41, 5.74) is 2.20. The highest BCUT2D eigenvalue weighted by atomic mass is 16.5. The molecule has 1 unspecified atom stereocenters. The molecule has 0 saturated heterocycles. The van der Waals surface area contributed by atoms with Crippen molar-refractivity contribution in [3.05, 3.63) is 22.5 Å². The lowest BCUT2D eigenvalue weighted by molar-refractivity contribution is -0.130. The highest BCUT2D eigenvalue weighted by molar-refractivity contribution is 6.06. The van der Waals surface area contributed by atoms with Crippen molar-refractivity contribution in [3.63, 3.8) is 0 Å². The zero-order valence-electron chi connectivity index (χ0n) is 14.6. The first kappa shape index (κ1) is 17.2. The van der Waals surface area contributed by atoms with E-state index >= 15 is 0 Å². The minimum atomic E-state index is -0.537. The molecule has 1 amide bonds. The van der Waals surface area contributed by atoms with Crippen LogP contribution in [0.2, 0.25) is 0 Å². The smallest absolute Gasteiger partial charge is 0.354 e. The largest absolute Gasteiger partial charge is 0.464 e. The number of nitrogens with zero attached hydrogens (tertiary/aromatic N) is 2. The van der Waals surface area contributed by atoms with Crippen LogP contribution in [0.15, 0.2) is 0 Å². The molecule has 0 N–H and O–H groups in total. The van der Waals surface area contributed by atoms with Gasteiger partial charge in [-0.3, -0.25) is 9.59 Å². The number of hydrogen-bond acceptors (Lipinski definition) is 4. The molecule has 1 heterocycles. The second-order valence-electron chi connectivity index (χ2n) is 6.18. The van der Waals surface area contributed by atoms with E-state index in [1.807, 2.05) is 0 Å². The predicted molar refractivity (Wildman–Crippen MR) is 85.6 cm³/mol. The third-order valence-electron chi connectivity index (χ3n) is 4.66. The molecule has 0 bridgehead atoms. The van der Waals surface area contributed by atoms with Crippen LogP contribution >= 0.6 is 0 Å². The van der Waals surface area contributed by atoms with Gasteiger partial charge in [0.1, 0.15) is 5.69 Å². The molecular weight excluding hydrogens is 296 g/mol. The van der Waals surface area contributed by atoms with Gasteiger partial charge in [-0.1, -0.05) is 0 Å². The minimum absolute atomic E-state index is 0.0900. The molecule has 1 aliphatic carbocycles. The molecule has 1 aliphatic rings. The molecule has 1 aromatic heterocycles. The van der Waals surface area contributed by atoms with Crippen LogP contribution in [0, 0.1) is 13.8 Å². The Morgan fingerprint density at radius 2 is 1.83 bits per heavy atom. The quantitative estimate of drug-likeness (QED) is 0.615. The Morgan fingerprint density at radius 3 is 2.26 bits per heavy atom. The Kier molecular flexibility index (Phi) is 4.63. The number of hydrogen-bond donors (Lipinski definition) is 0. The highest BCUT2D eigenvalue weighted by Gasteiger charge is 2.38. The number of rotatable bonds is 5. The second-order valence-corrected chi connectivity index (χ2v) is 6.18. The average Bonchev–Trinajstić information content (AvgIpc) is 3.27. The maximum absolute atomic E-state index is 13.0. The van der Waals surface area contributed by atoms with Gasteiger partial charge in [0.15, 0.2) is 5.78 Å². The van der Waals surface area contributed by atoms with Gasteiger partial charge in [-0.05, 0) is 39.2 Å². The van der Waals surface area contributed by atoms with E-state index in [4.69, 9.17) is 4.74 Å². The summed E-state index contributed by atoms with van der Waals surface area (Å²) in [6.45, 7) is 6.79. The van der Waals surface area contributed by atoms with Gasteiger partial charge in [0.25, 0.3) is 0 Å². The van der Waals surface area contributed by atoms with Crippen LogP contribution in [-0.4, -0.2) is 46.3 Å². The summed E-state index contributed by atoms with van der Waals surface area (Å²) in [6, 6.07) is -0.374. The molecule has 6 nitrogen and oxygen atoms in total. The molecule has 1 aromatic rings. The number of aromatic nitrogens is 1. The Bertz CT molecular complexity index is 671. The lowest BCUT2D eigenvalue weighted by Crippen LogP contribution is -2.43. The fourth-order valence-electron chi connectivity index (χ4n) is 3.26. The molecule has 0 radical (unpaired) electrons.